The van der Waals surface area contributed by atoms with Crippen LogP contribution in [0.15, 0.2) is 36.7 Å². The zero-order chi connectivity index (χ0) is 23.4. The largest absolute Gasteiger partial charge is 0.496 e. The van der Waals surface area contributed by atoms with E-state index in [1.807, 2.05) is 43.1 Å². The van der Waals surface area contributed by atoms with Crippen LogP contribution in [0.25, 0.3) is 10.9 Å². The molecule has 0 aliphatic rings. The number of methoxy groups -OCH3 is 1. The van der Waals surface area contributed by atoms with Crippen LogP contribution in [0.3, 0.4) is 0 Å². The van der Waals surface area contributed by atoms with Crippen LogP contribution in [0.2, 0.25) is 0 Å². The van der Waals surface area contributed by atoms with Gasteiger partial charge in [-0.25, -0.2) is 14.4 Å². The smallest absolute Gasteiger partial charge is 0.236 e. The standard InChI is InChI=1S/C23H29FN6O2/c1-14-7-6-8-17(21(14)24)28-23-16-9-15(20(32-5)10-18(16)26-13-27-23)11-30(4)19(22(25)31)12-29(2)3/h6-10,13,19H,11-12H2,1-5H3,(H2,25,31)(H,26,27,28)/t19-/m0/s1. The van der Waals surface area contributed by atoms with Crippen molar-refractivity contribution >= 4 is 28.3 Å². The van der Waals surface area contributed by atoms with Crippen LogP contribution < -0.4 is 15.8 Å². The summed E-state index contributed by atoms with van der Waals surface area (Å²) in [7, 11) is 7.20. The Kier molecular flexibility index (Phi) is 7.22. The number of aromatic nitrogens is 2. The molecule has 3 N–H and O–H groups in total. The summed E-state index contributed by atoms with van der Waals surface area (Å²) < 4.78 is 20.1. The molecule has 0 saturated heterocycles. The molecule has 1 heterocycles. The Labute approximate surface area is 187 Å². The highest BCUT2D eigenvalue weighted by atomic mass is 19.1. The first-order chi connectivity index (χ1) is 15.2. The van der Waals surface area contributed by atoms with Gasteiger partial charge in [0.15, 0.2) is 0 Å². The lowest BCUT2D eigenvalue weighted by Crippen LogP contribution is -2.48. The van der Waals surface area contributed by atoms with E-state index in [4.69, 9.17) is 10.5 Å². The maximum atomic E-state index is 14.5. The number of hydrogen-bond donors (Lipinski definition) is 2. The van der Waals surface area contributed by atoms with Gasteiger partial charge in [-0.15, -0.1) is 0 Å². The number of rotatable bonds is 9. The Hall–Kier alpha value is -3.30. The van der Waals surface area contributed by atoms with E-state index in [1.165, 1.54) is 6.33 Å². The van der Waals surface area contributed by atoms with E-state index in [0.717, 1.165) is 5.56 Å². The van der Waals surface area contributed by atoms with Gasteiger partial charge in [0, 0.05) is 30.1 Å². The van der Waals surface area contributed by atoms with Crippen LogP contribution in [0.4, 0.5) is 15.9 Å². The number of benzene rings is 2. The highest BCUT2D eigenvalue weighted by molar-refractivity contribution is 5.92. The second-order valence-electron chi connectivity index (χ2n) is 8.06. The van der Waals surface area contributed by atoms with Crippen molar-refractivity contribution in [2.75, 3.05) is 40.1 Å². The van der Waals surface area contributed by atoms with Gasteiger partial charge in [0.05, 0.1) is 18.3 Å². The van der Waals surface area contributed by atoms with Gasteiger partial charge < -0.3 is 20.7 Å². The van der Waals surface area contributed by atoms with E-state index in [0.29, 0.717) is 46.8 Å². The molecule has 0 fully saturated rings. The number of carbonyl (C=O) groups is 1. The van der Waals surface area contributed by atoms with Crippen molar-refractivity contribution in [2.24, 2.45) is 5.73 Å². The van der Waals surface area contributed by atoms with Crippen molar-refractivity contribution in [2.45, 2.75) is 19.5 Å². The summed E-state index contributed by atoms with van der Waals surface area (Å²) in [5, 5.41) is 3.79. The van der Waals surface area contributed by atoms with Crippen LogP contribution in [0.1, 0.15) is 11.1 Å². The van der Waals surface area contributed by atoms with Crippen LogP contribution in [-0.2, 0) is 11.3 Å². The third-order valence-electron chi connectivity index (χ3n) is 5.30. The molecule has 32 heavy (non-hydrogen) atoms. The number of ether oxygens (including phenoxy) is 1. The second-order valence-corrected chi connectivity index (χ2v) is 8.06. The fraction of sp³-hybridized carbons (Fsp3) is 0.348. The van der Waals surface area contributed by atoms with E-state index in [2.05, 4.69) is 15.3 Å². The van der Waals surface area contributed by atoms with Crippen molar-refractivity contribution in [3.8, 4) is 5.75 Å². The van der Waals surface area contributed by atoms with E-state index in [-0.39, 0.29) is 5.82 Å². The molecule has 0 saturated carbocycles. The van der Waals surface area contributed by atoms with Gasteiger partial charge in [0.2, 0.25) is 5.91 Å². The fourth-order valence-electron chi connectivity index (χ4n) is 3.58. The molecule has 9 heteroatoms. The van der Waals surface area contributed by atoms with Gasteiger partial charge in [-0.2, -0.15) is 0 Å². The Morgan fingerprint density at radius 1 is 1.25 bits per heavy atom. The molecule has 1 aromatic heterocycles. The molecule has 1 atom stereocenters. The van der Waals surface area contributed by atoms with Gasteiger partial charge in [-0.05, 0) is 45.8 Å². The lowest BCUT2D eigenvalue weighted by molar-refractivity contribution is -0.123. The van der Waals surface area contributed by atoms with Crippen molar-refractivity contribution in [1.29, 1.82) is 0 Å². The number of anilines is 2. The predicted molar refractivity (Wildman–Crippen MR) is 124 cm³/mol. The minimum atomic E-state index is -0.476. The first kappa shape index (κ1) is 23.4. The molecular formula is C23H29FN6O2. The Balaban J connectivity index is 2.01. The average Bonchev–Trinajstić information content (AvgIpc) is 2.74. The minimum absolute atomic E-state index is 0.333. The highest BCUT2D eigenvalue weighted by Crippen LogP contribution is 2.31. The van der Waals surface area contributed by atoms with E-state index >= 15 is 0 Å². The number of likely N-dealkylation sites (N-methyl/N-ethyl adjacent to an activating group) is 2. The summed E-state index contributed by atoms with van der Waals surface area (Å²) in [5.41, 5.74) is 7.98. The Morgan fingerprint density at radius 3 is 2.66 bits per heavy atom. The number of nitrogens with zero attached hydrogens (tertiary/aromatic N) is 4. The predicted octanol–water partition coefficient (Wildman–Crippen LogP) is 2.68. The summed E-state index contributed by atoms with van der Waals surface area (Å²) in [6.45, 7) is 2.61. The molecule has 3 aromatic rings. The first-order valence-electron chi connectivity index (χ1n) is 10.2. The SMILES string of the molecule is COc1cc2ncnc(Nc3cccc(C)c3F)c2cc1CN(C)[C@@H](CN(C)C)C(N)=O. The molecular weight excluding hydrogens is 411 g/mol. The monoisotopic (exact) mass is 440 g/mol. The number of fused-ring (bicyclic) bond motifs is 1. The minimum Gasteiger partial charge on any atom is -0.496 e. The van der Waals surface area contributed by atoms with E-state index in [9.17, 15) is 9.18 Å². The lowest BCUT2D eigenvalue weighted by Gasteiger charge is -2.28. The number of nitrogens with one attached hydrogen (secondary N) is 1. The third kappa shape index (κ3) is 5.12. The molecule has 0 unspecified atom stereocenters. The number of amides is 1. The van der Waals surface area contributed by atoms with Crippen LogP contribution in [0.5, 0.6) is 5.75 Å². The van der Waals surface area contributed by atoms with Gasteiger partial charge in [-0.1, -0.05) is 12.1 Å². The number of hydrogen-bond acceptors (Lipinski definition) is 7. The van der Waals surface area contributed by atoms with Crippen LogP contribution in [-0.4, -0.2) is 66.5 Å². The third-order valence-corrected chi connectivity index (χ3v) is 5.30. The summed E-state index contributed by atoms with van der Waals surface area (Å²) in [6.07, 6.45) is 1.42. The molecule has 1 amide bonds. The number of nitrogens with two attached hydrogens (primary N) is 1. The maximum Gasteiger partial charge on any atom is 0.236 e. The van der Waals surface area contributed by atoms with Crippen LogP contribution >= 0.6 is 0 Å². The molecule has 2 aromatic carbocycles. The van der Waals surface area contributed by atoms with Gasteiger partial charge in [0.1, 0.15) is 29.8 Å². The van der Waals surface area contributed by atoms with Crippen molar-refractivity contribution in [3.63, 3.8) is 0 Å². The maximum absolute atomic E-state index is 14.5. The quantitative estimate of drug-likeness (QED) is 0.528. The van der Waals surface area contributed by atoms with Crippen molar-refractivity contribution < 1.29 is 13.9 Å². The topological polar surface area (TPSA) is 96.6 Å². The molecule has 0 aliphatic carbocycles. The molecule has 0 radical (unpaired) electrons. The van der Waals surface area contributed by atoms with Crippen LogP contribution in [0, 0.1) is 12.7 Å². The molecule has 8 nitrogen and oxygen atoms in total. The second kappa shape index (κ2) is 9.88. The summed E-state index contributed by atoms with van der Waals surface area (Å²) in [4.78, 5) is 24.5. The fourth-order valence-corrected chi connectivity index (χ4v) is 3.58. The zero-order valence-corrected chi connectivity index (χ0v) is 19.0. The zero-order valence-electron chi connectivity index (χ0n) is 19.0. The molecule has 3 rings (SSSR count). The number of primary amides is 1. The van der Waals surface area contributed by atoms with E-state index in [1.54, 1.807) is 32.2 Å². The molecule has 0 bridgehead atoms. The number of carbonyl (C=O) groups excluding carboxylic acids is 1. The summed E-state index contributed by atoms with van der Waals surface area (Å²) in [6, 6.07) is 8.38. The number of halogens is 1. The summed E-state index contributed by atoms with van der Waals surface area (Å²) in [5.74, 6) is 0.372. The first-order valence-corrected chi connectivity index (χ1v) is 10.2. The summed E-state index contributed by atoms with van der Waals surface area (Å²) >= 11 is 0. The Bertz CT molecular complexity index is 1120. The van der Waals surface area contributed by atoms with Crippen molar-refractivity contribution in [3.05, 3.63) is 53.6 Å². The molecule has 0 aliphatic heterocycles. The lowest BCUT2D eigenvalue weighted by atomic mass is 10.1. The average molecular weight is 441 g/mol. The molecule has 0 spiro atoms. The van der Waals surface area contributed by atoms with Gasteiger partial charge >= 0.3 is 0 Å². The normalized spacial score (nSPS) is 12.4. The Morgan fingerprint density at radius 2 is 2.00 bits per heavy atom. The highest BCUT2D eigenvalue weighted by Gasteiger charge is 2.23. The van der Waals surface area contributed by atoms with E-state index < -0.39 is 11.9 Å². The molecule has 170 valence electrons. The number of aryl methyl sites for hydroxylation is 1. The van der Waals surface area contributed by atoms with Gasteiger partial charge in [0.25, 0.3) is 0 Å². The van der Waals surface area contributed by atoms with Gasteiger partial charge in [-0.3, -0.25) is 9.69 Å². The van der Waals surface area contributed by atoms with Crippen molar-refractivity contribution in [1.82, 2.24) is 19.8 Å².